The summed E-state index contributed by atoms with van der Waals surface area (Å²) in [7, 11) is 4.00. The van der Waals surface area contributed by atoms with Crippen molar-refractivity contribution in [1.82, 2.24) is 10.2 Å². The van der Waals surface area contributed by atoms with E-state index in [1.165, 1.54) is 11.8 Å². The minimum atomic E-state index is -0.132. The molecule has 1 aromatic carbocycles. The van der Waals surface area contributed by atoms with Crippen LogP contribution in [0, 0.1) is 0 Å². The molecular weight excluding hydrogens is 310 g/mol. The summed E-state index contributed by atoms with van der Waals surface area (Å²) in [4.78, 5) is 26.6. The molecule has 1 heterocycles. The molecule has 0 radical (unpaired) electrons. The predicted molar refractivity (Wildman–Crippen MR) is 93.8 cm³/mol. The molecule has 0 aliphatic rings. The van der Waals surface area contributed by atoms with Crippen molar-refractivity contribution in [2.24, 2.45) is 0 Å². The van der Waals surface area contributed by atoms with E-state index in [4.69, 9.17) is 0 Å². The number of carbonyl (C=O) groups is 2. The molecule has 23 heavy (non-hydrogen) atoms. The number of thiophene rings is 1. The molecule has 122 valence electrons. The molecule has 0 unspecified atom stereocenters. The van der Waals surface area contributed by atoms with Crippen LogP contribution in [0.3, 0.4) is 0 Å². The largest absolute Gasteiger partial charge is 0.350 e. The summed E-state index contributed by atoms with van der Waals surface area (Å²) in [5.41, 5.74) is 1.25. The van der Waals surface area contributed by atoms with Crippen molar-refractivity contribution in [2.45, 2.75) is 13.0 Å². The van der Waals surface area contributed by atoms with Gasteiger partial charge in [-0.3, -0.25) is 9.59 Å². The number of amides is 2. The van der Waals surface area contributed by atoms with Crippen molar-refractivity contribution in [3.63, 3.8) is 0 Å². The maximum Gasteiger partial charge on any atom is 0.251 e. The van der Waals surface area contributed by atoms with E-state index in [0.717, 1.165) is 0 Å². The van der Waals surface area contributed by atoms with Crippen LogP contribution in [0.5, 0.6) is 0 Å². The number of hydrogen-bond acceptors (Lipinski definition) is 4. The third-order valence-corrected chi connectivity index (χ3v) is 4.39. The van der Waals surface area contributed by atoms with Crippen LogP contribution in [0.4, 0.5) is 5.69 Å². The van der Waals surface area contributed by atoms with Crippen LogP contribution in [-0.2, 0) is 4.79 Å². The lowest BCUT2D eigenvalue weighted by atomic mass is 10.1. The van der Waals surface area contributed by atoms with Crippen molar-refractivity contribution in [3.05, 3.63) is 52.2 Å². The summed E-state index contributed by atoms with van der Waals surface area (Å²) in [5.74, 6) is -0.255. The lowest BCUT2D eigenvalue weighted by Gasteiger charge is -2.23. The average Bonchev–Trinajstić information content (AvgIpc) is 3.01. The third-order valence-electron chi connectivity index (χ3n) is 3.42. The van der Waals surface area contributed by atoms with Gasteiger partial charge in [-0.25, -0.2) is 0 Å². The molecule has 0 saturated carbocycles. The summed E-state index contributed by atoms with van der Waals surface area (Å²) in [6, 6.07) is 11.1. The standard InChI is InChI=1S/C17H21N3O2S/c1-12(21)19-14-8-6-13(7-9-14)17(22)18-11-15(20(2)3)16-5-4-10-23-16/h4-10,15H,11H2,1-3H3,(H,18,22)(H,19,21)/t15-/m1/s1. The Morgan fingerprint density at radius 2 is 1.87 bits per heavy atom. The van der Waals surface area contributed by atoms with Gasteiger partial charge >= 0.3 is 0 Å². The minimum absolute atomic E-state index is 0.122. The number of rotatable bonds is 6. The number of hydrogen-bond donors (Lipinski definition) is 2. The molecule has 1 aromatic heterocycles. The molecule has 2 rings (SSSR count). The monoisotopic (exact) mass is 331 g/mol. The topological polar surface area (TPSA) is 61.4 Å². The third kappa shape index (κ3) is 4.91. The number of nitrogens with one attached hydrogen (secondary N) is 2. The lowest BCUT2D eigenvalue weighted by molar-refractivity contribution is -0.114. The number of benzene rings is 1. The van der Waals surface area contributed by atoms with Gasteiger partial charge in [-0.05, 0) is 49.8 Å². The molecule has 0 spiro atoms. The van der Waals surface area contributed by atoms with Gasteiger partial charge < -0.3 is 15.5 Å². The Morgan fingerprint density at radius 1 is 1.17 bits per heavy atom. The van der Waals surface area contributed by atoms with Crippen molar-refractivity contribution < 1.29 is 9.59 Å². The van der Waals surface area contributed by atoms with E-state index in [0.29, 0.717) is 17.8 Å². The first-order chi connectivity index (χ1) is 11.0. The Bertz CT molecular complexity index is 651. The molecule has 0 aliphatic carbocycles. The number of nitrogens with zero attached hydrogens (tertiary/aromatic N) is 1. The quantitative estimate of drug-likeness (QED) is 0.855. The first-order valence-electron chi connectivity index (χ1n) is 7.33. The molecule has 0 saturated heterocycles. The van der Waals surface area contributed by atoms with Gasteiger partial charge in [0.25, 0.3) is 5.91 Å². The molecule has 2 amide bonds. The highest BCUT2D eigenvalue weighted by molar-refractivity contribution is 7.10. The van der Waals surface area contributed by atoms with E-state index >= 15 is 0 Å². The molecule has 6 heteroatoms. The Morgan fingerprint density at radius 3 is 2.39 bits per heavy atom. The number of anilines is 1. The Kier molecular flexibility index (Phi) is 5.90. The smallest absolute Gasteiger partial charge is 0.251 e. The van der Waals surface area contributed by atoms with Crippen molar-refractivity contribution in [1.29, 1.82) is 0 Å². The molecule has 0 fully saturated rings. The van der Waals surface area contributed by atoms with Crippen molar-refractivity contribution in [2.75, 3.05) is 26.0 Å². The molecule has 1 atom stereocenters. The van der Waals surface area contributed by atoms with E-state index < -0.39 is 0 Å². The zero-order valence-electron chi connectivity index (χ0n) is 13.5. The second-order valence-corrected chi connectivity index (χ2v) is 6.44. The summed E-state index contributed by atoms with van der Waals surface area (Å²) in [6.07, 6.45) is 0. The van der Waals surface area contributed by atoms with Gasteiger partial charge in [0.15, 0.2) is 0 Å². The van der Waals surface area contributed by atoms with Gasteiger partial charge in [-0.2, -0.15) is 0 Å². The van der Waals surface area contributed by atoms with Crippen LogP contribution in [0.15, 0.2) is 41.8 Å². The predicted octanol–water partition coefficient (Wildman–Crippen LogP) is 2.74. The fourth-order valence-corrected chi connectivity index (χ4v) is 3.14. The zero-order chi connectivity index (χ0) is 16.8. The van der Waals surface area contributed by atoms with Crippen LogP contribution < -0.4 is 10.6 Å². The zero-order valence-corrected chi connectivity index (χ0v) is 14.3. The highest BCUT2D eigenvalue weighted by Crippen LogP contribution is 2.22. The number of carbonyl (C=O) groups excluding carboxylic acids is 2. The maximum atomic E-state index is 12.3. The Hall–Kier alpha value is -2.18. The fraction of sp³-hybridized carbons (Fsp3) is 0.294. The minimum Gasteiger partial charge on any atom is -0.350 e. The highest BCUT2D eigenvalue weighted by Gasteiger charge is 2.16. The Balaban J connectivity index is 1.97. The van der Waals surface area contributed by atoms with Gasteiger partial charge in [-0.15, -0.1) is 11.3 Å². The van der Waals surface area contributed by atoms with Crippen LogP contribution in [0.2, 0.25) is 0 Å². The summed E-state index contributed by atoms with van der Waals surface area (Å²) >= 11 is 1.68. The molecule has 0 aliphatic heterocycles. The van der Waals surface area contributed by atoms with Gasteiger partial charge in [0, 0.05) is 29.6 Å². The summed E-state index contributed by atoms with van der Waals surface area (Å²) < 4.78 is 0. The Labute approximate surface area is 140 Å². The van der Waals surface area contributed by atoms with Gasteiger partial charge in [0.05, 0.1) is 6.04 Å². The van der Waals surface area contributed by atoms with Crippen molar-refractivity contribution >= 4 is 28.8 Å². The lowest BCUT2D eigenvalue weighted by Crippen LogP contribution is -2.34. The summed E-state index contributed by atoms with van der Waals surface area (Å²) in [6.45, 7) is 1.99. The van der Waals surface area contributed by atoms with Crippen LogP contribution >= 0.6 is 11.3 Å². The van der Waals surface area contributed by atoms with E-state index in [2.05, 4.69) is 21.6 Å². The highest BCUT2D eigenvalue weighted by atomic mass is 32.1. The average molecular weight is 331 g/mol. The number of likely N-dealkylation sites (N-methyl/N-ethyl adjacent to an activating group) is 1. The molecular formula is C17H21N3O2S. The first-order valence-corrected chi connectivity index (χ1v) is 8.21. The van der Waals surface area contributed by atoms with Gasteiger partial charge in [-0.1, -0.05) is 6.07 Å². The van der Waals surface area contributed by atoms with Crippen molar-refractivity contribution in [3.8, 4) is 0 Å². The molecule has 2 aromatic rings. The normalized spacial score (nSPS) is 12.0. The second-order valence-electron chi connectivity index (χ2n) is 5.46. The SMILES string of the molecule is CC(=O)Nc1ccc(C(=O)NC[C@H](c2cccs2)N(C)C)cc1. The van der Waals surface area contributed by atoms with Crippen LogP contribution in [0.1, 0.15) is 28.2 Å². The molecule has 5 nitrogen and oxygen atoms in total. The van der Waals surface area contributed by atoms with Gasteiger partial charge in [0.2, 0.25) is 5.91 Å². The first kappa shape index (κ1) is 17.2. The maximum absolute atomic E-state index is 12.3. The van der Waals surface area contributed by atoms with E-state index in [1.54, 1.807) is 35.6 Å². The fourth-order valence-electron chi connectivity index (χ4n) is 2.22. The second kappa shape index (κ2) is 7.89. The van der Waals surface area contributed by atoms with E-state index in [1.807, 2.05) is 25.5 Å². The van der Waals surface area contributed by atoms with Crippen LogP contribution in [0.25, 0.3) is 0 Å². The van der Waals surface area contributed by atoms with E-state index in [9.17, 15) is 9.59 Å². The van der Waals surface area contributed by atoms with E-state index in [-0.39, 0.29) is 17.9 Å². The molecule has 2 N–H and O–H groups in total. The molecule has 0 bridgehead atoms. The van der Waals surface area contributed by atoms with Crippen LogP contribution in [-0.4, -0.2) is 37.4 Å². The summed E-state index contributed by atoms with van der Waals surface area (Å²) in [5, 5.41) is 7.68. The van der Waals surface area contributed by atoms with Gasteiger partial charge in [0.1, 0.15) is 0 Å².